The molecule has 14 heteroatoms. The average molecular weight is 614 g/mol. The third-order valence-electron chi connectivity index (χ3n) is 7.21. The van der Waals surface area contributed by atoms with Crippen LogP contribution in [0.3, 0.4) is 0 Å². The van der Waals surface area contributed by atoms with Crippen LogP contribution < -0.4 is 20.7 Å². The van der Waals surface area contributed by atoms with Gasteiger partial charge >= 0.3 is 0 Å². The molecule has 0 spiro atoms. The van der Waals surface area contributed by atoms with Crippen LogP contribution in [0.25, 0.3) is 16.9 Å². The Kier molecular flexibility index (Phi) is 8.89. The van der Waals surface area contributed by atoms with Crippen molar-refractivity contribution in [1.82, 2.24) is 25.0 Å². The SMILES string of the molecule is COc1ccc(-c2cnc3c(Nc4ccc([S@@](C)(=O)=NCCCNC(=O)[C@@H]5C[C@@H](O)CN5)c(C)c4)nccn23)c(F)c1F. The summed E-state index contributed by atoms with van der Waals surface area (Å²) in [4.78, 5) is 21.5. The molecule has 43 heavy (non-hydrogen) atoms. The van der Waals surface area contributed by atoms with E-state index in [1.165, 1.54) is 31.6 Å². The molecule has 2 aromatic heterocycles. The number of rotatable bonds is 10. The molecule has 4 N–H and O–H groups in total. The number of β-amino-alcohol motifs (C(OH)–C–C–N with tert-alkyl or cyclic N) is 1. The van der Waals surface area contributed by atoms with Crippen LogP contribution >= 0.6 is 0 Å². The van der Waals surface area contributed by atoms with Crippen molar-refractivity contribution in [1.29, 1.82) is 0 Å². The third-order valence-corrected chi connectivity index (χ3v) is 9.16. The van der Waals surface area contributed by atoms with Crippen LogP contribution in [0.1, 0.15) is 18.4 Å². The van der Waals surface area contributed by atoms with Crippen LogP contribution in [0.2, 0.25) is 0 Å². The summed E-state index contributed by atoms with van der Waals surface area (Å²) in [6.07, 6.45) is 6.56. The molecule has 0 saturated carbocycles. The van der Waals surface area contributed by atoms with Gasteiger partial charge in [-0.05, 0) is 55.7 Å². The van der Waals surface area contributed by atoms with Crippen molar-refractivity contribution in [2.75, 3.05) is 38.3 Å². The Morgan fingerprint density at radius 2 is 2.07 bits per heavy atom. The number of aromatic nitrogens is 3. The topological polar surface area (TPSA) is 142 Å². The lowest BCUT2D eigenvalue weighted by Crippen LogP contribution is -2.40. The van der Waals surface area contributed by atoms with Gasteiger partial charge in [0.1, 0.15) is 0 Å². The number of imidazole rings is 1. The van der Waals surface area contributed by atoms with Gasteiger partial charge in [-0.3, -0.25) is 9.20 Å². The molecule has 4 aromatic rings. The van der Waals surface area contributed by atoms with E-state index in [2.05, 4.69) is 30.3 Å². The first-order valence-electron chi connectivity index (χ1n) is 13.7. The second-order valence-corrected chi connectivity index (χ2v) is 12.6. The number of aryl methyl sites for hydroxylation is 1. The van der Waals surface area contributed by atoms with Gasteiger partial charge < -0.3 is 25.8 Å². The fraction of sp³-hybridized carbons (Fsp3) is 0.345. The van der Waals surface area contributed by atoms with Crippen LogP contribution in [0.15, 0.2) is 58.2 Å². The number of nitrogens with one attached hydrogen (secondary N) is 3. The Morgan fingerprint density at radius 3 is 2.79 bits per heavy atom. The molecule has 1 aliphatic rings. The van der Waals surface area contributed by atoms with Crippen LogP contribution in [0.4, 0.5) is 20.3 Å². The molecule has 1 fully saturated rings. The molecule has 1 aliphatic heterocycles. The molecule has 228 valence electrons. The summed E-state index contributed by atoms with van der Waals surface area (Å²) in [6.45, 7) is 2.94. The van der Waals surface area contributed by atoms with Gasteiger partial charge in [0.25, 0.3) is 0 Å². The molecule has 1 saturated heterocycles. The number of fused-ring (bicyclic) bond motifs is 1. The van der Waals surface area contributed by atoms with Crippen molar-refractivity contribution < 1.29 is 27.6 Å². The number of ether oxygens (including phenoxy) is 1. The molecule has 0 radical (unpaired) electrons. The number of aliphatic hydroxyl groups is 1. The maximum Gasteiger partial charge on any atom is 0.237 e. The second kappa shape index (κ2) is 12.6. The number of carbonyl (C=O) groups excluding carboxylic acids is 1. The summed E-state index contributed by atoms with van der Waals surface area (Å²) in [5, 5.41) is 18.5. The number of nitrogens with zero attached hydrogens (tertiary/aromatic N) is 4. The van der Waals surface area contributed by atoms with Crippen molar-refractivity contribution >= 4 is 32.8 Å². The monoisotopic (exact) mass is 613 g/mol. The van der Waals surface area contributed by atoms with E-state index in [0.29, 0.717) is 60.2 Å². The first-order valence-corrected chi connectivity index (χ1v) is 15.6. The van der Waals surface area contributed by atoms with Crippen molar-refractivity contribution in [2.24, 2.45) is 4.36 Å². The van der Waals surface area contributed by atoms with Crippen LogP contribution in [-0.2, 0) is 14.5 Å². The number of amides is 1. The number of hydrogen-bond acceptors (Lipinski definition) is 9. The van der Waals surface area contributed by atoms with E-state index >= 15 is 0 Å². The minimum atomic E-state index is -2.70. The predicted octanol–water partition coefficient (Wildman–Crippen LogP) is 3.42. The highest BCUT2D eigenvalue weighted by molar-refractivity contribution is 7.93. The second-order valence-electron chi connectivity index (χ2n) is 10.3. The number of benzene rings is 2. The Hall–Kier alpha value is -4.14. The number of anilines is 2. The molecule has 5 rings (SSSR count). The minimum Gasteiger partial charge on any atom is -0.494 e. The van der Waals surface area contributed by atoms with Gasteiger partial charge in [0, 0.05) is 43.0 Å². The molecular weight excluding hydrogens is 580 g/mol. The normalized spacial score (nSPS) is 17.9. The lowest BCUT2D eigenvalue weighted by molar-refractivity contribution is -0.122. The lowest BCUT2D eigenvalue weighted by atomic mass is 10.1. The first-order chi connectivity index (χ1) is 20.6. The number of carbonyl (C=O) groups is 1. The summed E-state index contributed by atoms with van der Waals surface area (Å²) < 4.78 is 53.5. The molecule has 11 nitrogen and oxygen atoms in total. The van der Waals surface area contributed by atoms with E-state index < -0.39 is 33.5 Å². The highest BCUT2D eigenvalue weighted by atomic mass is 32.2. The fourth-order valence-electron chi connectivity index (χ4n) is 5.02. The Morgan fingerprint density at radius 1 is 1.26 bits per heavy atom. The van der Waals surface area contributed by atoms with Crippen molar-refractivity contribution in [3.63, 3.8) is 0 Å². The fourth-order valence-corrected chi connectivity index (χ4v) is 6.62. The minimum absolute atomic E-state index is 0.0256. The molecular formula is C29H33F2N7O4S. The zero-order chi connectivity index (χ0) is 30.7. The van der Waals surface area contributed by atoms with Gasteiger partial charge in [0.15, 0.2) is 23.0 Å². The lowest BCUT2D eigenvalue weighted by Gasteiger charge is -2.13. The Balaban J connectivity index is 1.27. The summed E-state index contributed by atoms with van der Waals surface area (Å²) in [7, 11) is -1.43. The maximum atomic E-state index is 14.8. The largest absolute Gasteiger partial charge is 0.494 e. The maximum absolute atomic E-state index is 14.8. The van der Waals surface area contributed by atoms with Gasteiger partial charge in [-0.15, -0.1) is 0 Å². The first kappa shape index (κ1) is 30.3. The van der Waals surface area contributed by atoms with Crippen LogP contribution in [-0.4, -0.2) is 74.7 Å². The molecule has 0 unspecified atom stereocenters. The van der Waals surface area contributed by atoms with E-state index in [-0.39, 0.29) is 17.2 Å². The van der Waals surface area contributed by atoms with E-state index in [1.807, 2.05) is 13.0 Å². The standard InChI is InChI=1S/C29H33F2N7O4S/c1-17-13-18(5-8-24(17)43(3,41)36-10-4-9-33-29(40)21-14-19(39)15-34-21)37-27-28-35-16-22(38(28)12-11-32-27)20-6-7-23(42-2)26(31)25(20)30/h5-8,11-13,16,19,21,34,39H,4,9-10,14-15H2,1-3H3,(H,32,37)(H,33,40)/t19-,21+,43-/m1/s1. The van der Waals surface area contributed by atoms with Crippen molar-refractivity contribution in [3.8, 4) is 17.0 Å². The van der Waals surface area contributed by atoms with Gasteiger partial charge in [-0.25, -0.2) is 22.9 Å². The highest BCUT2D eigenvalue weighted by Crippen LogP contribution is 2.32. The zero-order valence-corrected chi connectivity index (χ0v) is 24.8. The van der Waals surface area contributed by atoms with E-state index in [9.17, 15) is 22.9 Å². The molecule has 3 heterocycles. The molecule has 3 atom stereocenters. The van der Waals surface area contributed by atoms with Crippen LogP contribution in [0.5, 0.6) is 5.75 Å². The summed E-state index contributed by atoms with van der Waals surface area (Å²) in [5.41, 5.74) is 2.18. The average Bonchev–Trinajstić information content (AvgIpc) is 3.61. The third kappa shape index (κ3) is 6.45. The molecule has 0 bridgehead atoms. The summed E-state index contributed by atoms with van der Waals surface area (Å²) in [5.74, 6) is -2.08. The van der Waals surface area contributed by atoms with E-state index in [4.69, 9.17) is 4.74 Å². The van der Waals surface area contributed by atoms with E-state index in [0.717, 1.165) is 5.56 Å². The summed E-state index contributed by atoms with van der Waals surface area (Å²) >= 11 is 0. The van der Waals surface area contributed by atoms with Gasteiger partial charge in [-0.1, -0.05) is 0 Å². The smallest absolute Gasteiger partial charge is 0.237 e. The highest BCUT2D eigenvalue weighted by Gasteiger charge is 2.27. The van der Waals surface area contributed by atoms with Crippen molar-refractivity contribution in [2.45, 2.75) is 36.8 Å². The van der Waals surface area contributed by atoms with Gasteiger partial charge in [0.05, 0.1) is 52.3 Å². The van der Waals surface area contributed by atoms with E-state index in [1.54, 1.807) is 29.0 Å². The quantitative estimate of drug-likeness (QED) is 0.200. The Labute approximate surface area is 247 Å². The molecule has 2 aromatic carbocycles. The summed E-state index contributed by atoms with van der Waals surface area (Å²) in [6, 6.07) is 7.73. The van der Waals surface area contributed by atoms with Crippen LogP contribution in [0, 0.1) is 18.6 Å². The molecule has 0 aliphatic carbocycles. The number of methoxy groups -OCH3 is 1. The number of aliphatic hydroxyl groups excluding tert-OH is 1. The van der Waals surface area contributed by atoms with Crippen molar-refractivity contribution in [3.05, 3.63) is 66.1 Å². The number of halogens is 2. The van der Waals surface area contributed by atoms with Gasteiger partial charge in [0.2, 0.25) is 11.7 Å². The molecule has 1 amide bonds. The number of hydrogen-bond donors (Lipinski definition) is 4. The zero-order valence-electron chi connectivity index (χ0n) is 23.9. The predicted molar refractivity (Wildman–Crippen MR) is 159 cm³/mol. The Bertz CT molecular complexity index is 1790. The van der Waals surface area contributed by atoms with Gasteiger partial charge in [-0.2, -0.15) is 4.39 Å².